The average molecular weight is 458 g/mol. The zero-order valence-electron chi connectivity index (χ0n) is 14.8. The number of rotatable bonds is 9. The zero-order chi connectivity index (χ0) is 17.0. The third-order valence-electron chi connectivity index (χ3n) is 3.38. The highest BCUT2D eigenvalue weighted by molar-refractivity contribution is 14.0. The normalized spacial score (nSPS) is 10.9. The average Bonchev–Trinajstić information content (AvgIpc) is 3.13. The molecule has 0 aromatic carbocycles. The van der Waals surface area contributed by atoms with E-state index in [9.17, 15) is 0 Å². The van der Waals surface area contributed by atoms with Crippen LogP contribution in [0.15, 0.2) is 41.8 Å². The van der Waals surface area contributed by atoms with Gasteiger partial charge >= 0.3 is 0 Å². The number of pyridine rings is 1. The van der Waals surface area contributed by atoms with Gasteiger partial charge in [0, 0.05) is 50.8 Å². The summed E-state index contributed by atoms with van der Waals surface area (Å²) in [5.74, 6) is 1.45. The molecule has 0 aliphatic carbocycles. The van der Waals surface area contributed by atoms with E-state index in [4.69, 9.17) is 4.74 Å². The van der Waals surface area contributed by atoms with Crippen LogP contribution in [0.5, 0.6) is 5.88 Å². The Kier molecular flexibility index (Phi) is 10.6. The van der Waals surface area contributed by atoms with E-state index >= 15 is 0 Å². The summed E-state index contributed by atoms with van der Waals surface area (Å²) in [6.07, 6.45) is 7.44. The van der Waals surface area contributed by atoms with Crippen LogP contribution in [0.1, 0.15) is 25.3 Å². The molecule has 8 heteroatoms. The van der Waals surface area contributed by atoms with Crippen molar-refractivity contribution in [2.24, 2.45) is 4.99 Å². The van der Waals surface area contributed by atoms with Crippen LogP contribution in [0.25, 0.3) is 0 Å². The fourth-order valence-corrected chi connectivity index (χ4v) is 2.17. The Hall–Kier alpha value is -1.84. The van der Waals surface area contributed by atoms with Gasteiger partial charge in [0.2, 0.25) is 5.88 Å². The number of hydrogen-bond donors (Lipinski definition) is 2. The molecule has 0 saturated carbocycles. The molecule has 0 atom stereocenters. The highest BCUT2D eigenvalue weighted by Crippen LogP contribution is 2.14. The monoisotopic (exact) mass is 458 g/mol. The minimum absolute atomic E-state index is 0. The minimum atomic E-state index is 0. The second-order valence-electron chi connectivity index (χ2n) is 5.29. The standard InChI is InChI=1S/C17H26N6O.HI/c1-3-13-24-16-15(7-4-8-19-16)14-21-17(18-2)20-9-5-11-23-12-6-10-22-23;/h4,6-8,10,12H,3,5,9,11,13-14H2,1-2H3,(H2,18,20,21);1H. The quantitative estimate of drug-likeness (QED) is 0.261. The summed E-state index contributed by atoms with van der Waals surface area (Å²) in [5, 5.41) is 10.8. The van der Waals surface area contributed by atoms with Crippen LogP contribution in [0, 0.1) is 0 Å². The number of guanidine groups is 1. The van der Waals surface area contributed by atoms with Crippen LogP contribution in [0.4, 0.5) is 0 Å². The van der Waals surface area contributed by atoms with E-state index in [0.717, 1.165) is 37.5 Å². The molecule has 2 aromatic rings. The number of aromatic nitrogens is 3. The second-order valence-corrected chi connectivity index (χ2v) is 5.29. The maximum absolute atomic E-state index is 5.67. The molecule has 0 radical (unpaired) electrons. The molecule has 2 heterocycles. The Morgan fingerprint density at radius 1 is 1.28 bits per heavy atom. The molecule has 0 aliphatic heterocycles. The van der Waals surface area contributed by atoms with Gasteiger partial charge in [0.1, 0.15) is 0 Å². The first-order chi connectivity index (χ1) is 11.8. The first kappa shape index (κ1) is 21.2. The Morgan fingerprint density at radius 2 is 2.16 bits per heavy atom. The molecule has 0 spiro atoms. The van der Waals surface area contributed by atoms with Crippen LogP contribution in [-0.2, 0) is 13.1 Å². The number of halogens is 1. The van der Waals surface area contributed by atoms with Crippen LogP contribution in [-0.4, -0.2) is 40.9 Å². The molecule has 0 unspecified atom stereocenters. The molecule has 0 fully saturated rings. The van der Waals surface area contributed by atoms with Crippen molar-refractivity contribution in [2.45, 2.75) is 32.9 Å². The molecule has 0 amide bonds. The van der Waals surface area contributed by atoms with E-state index in [0.29, 0.717) is 19.0 Å². The molecular weight excluding hydrogens is 431 g/mol. The lowest BCUT2D eigenvalue weighted by molar-refractivity contribution is 0.301. The first-order valence-corrected chi connectivity index (χ1v) is 8.32. The second kappa shape index (κ2) is 12.5. The van der Waals surface area contributed by atoms with Gasteiger partial charge < -0.3 is 15.4 Å². The highest BCUT2D eigenvalue weighted by Gasteiger charge is 2.05. The van der Waals surface area contributed by atoms with Gasteiger partial charge in [-0.1, -0.05) is 13.0 Å². The van der Waals surface area contributed by atoms with Crippen molar-refractivity contribution in [2.75, 3.05) is 20.2 Å². The molecule has 0 bridgehead atoms. The molecule has 25 heavy (non-hydrogen) atoms. The van der Waals surface area contributed by atoms with Crippen molar-refractivity contribution < 1.29 is 4.74 Å². The topological polar surface area (TPSA) is 76.4 Å². The first-order valence-electron chi connectivity index (χ1n) is 8.32. The van der Waals surface area contributed by atoms with Gasteiger partial charge in [-0.25, -0.2) is 4.98 Å². The Morgan fingerprint density at radius 3 is 2.88 bits per heavy atom. The lowest BCUT2D eigenvalue weighted by atomic mass is 10.2. The summed E-state index contributed by atoms with van der Waals surface area (Å²) in [7, 11) is 1.76. The zero-order valence-corrected chi connectivity index (χ0v) is 17.1. The largest absolute Gasteiger partial charge is 0.477 e. The van der Waals surface area contributed by atoms with Crippen LogP contribution in [0.3, 0.4) is 0 Å². The summed E-state index contributed by atoms with van der Waals surface area (Å²) < 4.78 is 7.59. The minimum Gasteiger partial charge on any atom is -0.477 e. The van der Waals surface area contributed by atoms with Crippen LogP contribution >= 0.6 is 24.0 Å². The Labute approximate surface area is 166 Å². The van der Waals surface area contributed by atoms with Gasteiger partial charge in [0.15, 0.2) is 5.96 Å². The van der Waals surface area contributed by atoms with Crippen molar-refractivity contribution in [1.82, 2.24) is 25.4 Å². The maximum Gasteiger partial charge on any atom is 0.218 e. The molecule has 2 aromatic heterocycles. The van der Waals surface area contributed by atoms with Crippen molar-refractivity contribution in [3.63, 3.8) is 0 Å². The third kappa shape index (κ3) is 7.72. The lowest BCUT2D eigenvalue weighted by Crippen LogP contribution is -2.37. The Bertz CT molecular complexity index is 617. The molecule has 0 aliphatic rings. The van der Waals surface area contributed by atoms with Gasteiger partial charge in [0.05, 0.1) is 6.61 Å². The van der Waals surface area contributed by atoms with E-state index in [1.54, 1.807) is 19.4 Å². The highest BCUT2D eigenvalue weighted by atomic mass is 127. The number of nitrogens with zero attached hydrogens (tertiary/aromatic N) is 4. The predicted octanol–water partition coefficient (Wildman–Crippen LogP) is 2.44. The molecule has 7 nitrogen and oxygen atoms in total. The number of ether oxygens (including phenoxy) is 1. The van der Waals surface area contributed by atoms with E-state index in [1.807, 2.05) is 29.1 Å². The Balaban J connectivity index is 0.00000312. The van der Waals surface area contributed by atoms with E-state index in [1.165, 1.54) is 0 Å². The van der Waals surface area contributed by atoms with E-state index in [-0.39, 0.29) is 24.0 Å². The van der Waals surface area contributed by atoms with Crippen molar-refractivity contribution in [3.8, 4) is 5.88 Å². The van der Waals surface area contributed by atoms with Crippen molar-refractivity contribution in [1.29, 1.82) is 0 Å². The lowest BCUT2D eigenvalue weighted by Gasteiger charge is -2.14. The van der Waals surface area contributed by atoms with Crippen molar-refractivity contribution in [3.05, 3.63) is 42.4 Å². The number of nitrogens with one attached hydrogen (secondary N) is 2. The third-order valence-corrected chi connectivity index (χ3v) is 3.38. The van der Waals surface area contributed by atoms with Crippen LogP contribution < -0.4 is 15.4 Å². The predicted molar refractivity (Wildman–Crippen MR) is 110 cm³/mol. The fourth-order valence-electron chi connectivity index (χ4n) is 2.17. The smallest absolute Gasteiger partial charge is 0.218 e. The molecular formula is C17H27IN6O. The number of hydrogen-bond acceptors (Lipinski definition) is 4. The number of aliphatic imine (C=N–C) groups is 1. The summed E-state index contributed by atoms with van der Waals surface area (Å²) in [6.45, 7) is 5.08. The van der Waals surface area contributed by atoms with Gasteiger partial charge in [-0.05, 0) is 25.0 Å². The summed E-state index contributed by atoms with van der Waals surface area (Å²) in [4.78, 5) is 8.53. The van der Waals surface area contributed by atoms with Gasteiger partial charge in [-0.15, -0.1) is 24.0 Å². The summed E-state index contributed by atoms with van der Waals surface area (Å²) >= 11 is 0. The van der Waals surface area contributed by atoms with E-state index in [2.05, 4.69) is 32.6 Å². The van der Waals surface area contributed by atoms with Gasteiger partial charge in [-0.3, -0.25) is 9.67 Å². The SMILES string of the molecule is CCCOc1ncccc1CNC(=NC)NCCCn1cccn1.I. The van der Waals surface area contributed by atoms with Gasteiger partial charge in [-0.2, -0.15) is 5.10 Å². The molecule has 2 N–H and O–H groups in total. The molecule has 2 rings (SSSR count). The fraction of sp³-hybridized carbons (Fsp3) is 0.471. The number of aryl methyl sites for hydroxylation is 1. The van der Waals surface area contributed by atoms with E-state index < -0.39 is 0 Å². The van der Waals surface area contributed by atoms with Gasteiger partial charge in [0.25, 0.3) is 0 Å². The summed E-state index contributed by atoms with van der Waals surface area (Å²) in [5.41, 5.74) is 1.02. The van der Waals surface area contributed by atoms with Crippen molar-refractivity contribution >= 4 is 29.9 Å². The maximum atomic E-state index is 5.67. The molecule has 138 valence electrons. The van der Waals surface area contributed by atoms with Crippen LogP contribution in [0.2, 0.25) is 0 Å². The molecule has 0 saturated heterocycles. The summed E-state index contributed by atoms with van der Waals surface area (Å²) in [6, 6.07) is 5.85.